The largest absolute Gasteiger partial charge is 0.493 e. The van der Waals surface area contributed by atoms with E-state index in [0.29, 0.717) is 26.8 Å². The van der Waals surface area contributed by atoms with Gasteiger partial charge in [0.25, 0.3) is 5.91 Å². The Kier molecular flexibility index (Phi) is 6.40. The SMILES string of the molecule is C#CCOc1c(Br)cc(/C=C2\NC(=S)N(C3CCCCC3)C2=O)cc1OC. The highest BCUT2D eigenvalue weighted by molar-refractivity contribution is 9.10. The van der Waals surface area contributed by atoms with Gasteiger partial charge in [-0.05, 0) is 64.8 Å². The lowest BCUT2D eigenvalue weighted by Crippen LogP contribution is -2.41. The predicted molar refractivity (Wildman–Crippen MR) is 112 cm³/mol. The molecule has 1 amide bonds. The van der Waals surface area contributed by atoms with Crippen molar-refractivity contribution in [1.29, 1.82) is 0 Å². The Balaban J connectivity index is 1.86. The van der Waals surface area contributed by atoms with Gasteiger partial charge in [0.15, 0.2) is 16.6 Å². The molecule has 0 atom stereocenters. The number of carbonyl (C=O) groups excluding carboxylic acids is 1. The minimum absolute atomic E-state index is 0.0744. The van der Waals surface area contributed by atoms with Gasteiger partial charge in [0.1, 0.15) is 12.3 Å². The summed E-state index contributed by atoms with van der Waals surface area (Å²) in [4.78, 5) is 14.6. The van der Waals surface area contributed by atoms with Crippen molar-refractivity contribution in [2.24, 2.45) is 0 Å². The Bertz CT molecular complexity index is 825. The summed E-state index contributed by atoms with van der Waals surface area (Å²) in [7, 11) is 1.56. The van der Waals surface area contributed by atoms with E-state index in [1.54, 1.807) is 24.2 Å². The van der Waals surface area contributed by atoms with Crippen LogP contribution in [0.2, 0.25) is 0 Å². The molecule has 2 aliphatic rings. The first-order chi connectivity index (χ1) is 13.0. The third-order valence-electron chi connectivity index (χ3n) is 4.71. The average Bonchev–Trinajstić information content (AvgIpc) is 2.94. The van der Waals surface area contributed by atoms with Gasteiger partial charge in [0, 0.05) is 6.04 Å². The quantitative estimate of drug-likeness (QED) is 0.421. The molecule has 1 saturated carbocycles. The van der Waals surface area contributed by atoms with Crippen molar-refractivity contribution in [2.45, 2.75) is 38.1 Å². The lowest BCUT2D eigenvalue weighted by Gasteiger charge is -2.29. The first-order valence-electron chi connectivity index (χ1n) is 8.85. The van der Waals surface area contributed by atoms with Crippen LogP contribution in [-0.4, -0.2) is 35.7 Å². The monoisotopic (exact) mass is 448 g/mol. The van der Waals surface area contributed by atoms with Crippen molar-refractivity contribution in [3.05, 3.63) is 27.9 Å². The molecule has 0 bridgehead atoms. The molecule has 5 nitrogen and oxygen atoms in total. The Morgan fingerprint density at radius 2 is 2.15 bits per heavy atom. The summed E-state index contributed by atoms with van der Waals surface area (Å²) in [6, 6.07) is 3.84. The molecule has 27 heavy (non-hydrogen) atoms. The molecule has 1 heterocycles. The fourth-order valence-electron chi connectivity index (χ4n) is 3.46. The summed E-state index contributed by atoms with van der Waals surface area (Å²) < 4.78 is 11.6. The fourth-order valence-corrected chi connectivity index (χ4v) is 4.38. The van der Waals surface area contributed by atoms with Crippen molar-refractivity contribution in [2.75, 3.05) is 13.7 Å². The highest BCUT2D eigenvalue weighted by Crippen LogP contribution is 2.37. The van der Waals surface area contributed by atoms with E-state index in [1.165, 1.54) is 6.42 Å². The maximum atomic E-state index is 12.9. The van der Waals surface area contributed by atoms with Gasteiger partial charge in [0.05, 0.1) is 11.6 Å². The molecule has 0 radical (unpaired) electrons. The highest BCUT2D eigenvalue weighted by atomic mass is 79.9. The number of rotatable bonds is 5. The van der Waals surface area contributed by atoms with Gasteiger partial charge < -0.3 is 14.8 Å². The van der Waals surface area contributed by atoms with Crippen LogP contribution in [0.1, 0.15) is 37.7 Å². The van der Waals surface area contributed by atoms with Crippen molar-refractivity contribution >= 4 is 45.2 Å². The zero-order chi connectivity index (χ0) is 19.4. The number of benzene rings is 1. The Labute approximate surface area is 173 Å². The van der Waals surface area contributed by atoms with Gasteiger partial charge in [-0.1, -0.05) is 25.2 Å². The zero-order valence-electron chi connectivity index (χ0n) is 15.1. The van der Waals surface area contributed by atoms with E-state index in [9.17, 15) is 4.79 Å². The van der Waals surface area contributed by atoms with Crippen molar-refractivity contribution in [3.63, 3.8) is 0 Å². The molecule has 1 saturated heterocycles. The number of carbonyl (C=O) groups is 1. The minimum atomic E-state index is -0.0744. The molecule has 1 aromatic rings. The number of thiocarbonyl (C=S) groups is 1. The molecule has 1 N–H and O–H groups in total. The van der Waals surface area contributed by atoms with Gasteiger partial charge in [-0.2, -0.15) is 0 Å². The van der Waals surface area contributed by atoms with E-state index >= 15 is 0 Å². The van der Waals surface area contributed by atoms with E-state index in [4.69, 9.17) is 28.1 Å². The Morgan fingerprint density at radius 3 is 2.81 bits per heavy atom. The van der Waals surface area contributed by atoms with Crippen LogP contribution in [-0.2, 0) is 4.79 Å². The van der Waals surface area contributed by atoms with Crippen LogP contribution in [0.3, 0.4) is 0 Å². The second kappa shape index (κ2) is 8.77. The molecule has 0 aromatic heterocycles. The average molecular weight is 449 g/mol. The van der Waals surface area contributed by atoms with Gasteiger partial charge in [-0.3, -0.25) is 9.69 Å². The fraction of sp³-hybridized carbons (Fsp3) is 0.400. The van der Waals surface area contributed by atoms with Gasteiger partial charge in [0.2, 0.25) is 0 Å². The number of methoxy groups -OCH3 is 1. The van der Waals surface area contributed by atoms with E-state index in [0.717, 1.165) is 31.2 Å². The van der Waals surface area contributed by atoms with E-state index in [-0.39, 0.29) is 18.6 Å². The first-order valence-corrected chi connectivity index (χ1v) is 10.0. The molecule has 0 unspecified atom stereocenters. The third-order valence-corrected chi connectivity index (χ3v) is 5.60. The third kappa shape index (κ3) is 4.28. The van der Waals surface area contributed by atoms with Crippen LogP contribution in [0, 0.1) is 12.3 Å². The van der Waals surface area contributed by atoms with Crippen LogP contribution in [0.25, 0.3) is 6.08 Å². The van der Waals surface area contributed by atoms with E-state index in [1.807, 2.05) is 6.07 Å². The molecule has 3 rings (SSSR count). The van der Waals surface area contributed by atoms with Gasteiger partial charge in [-0.25, -0.2) is 0 Å². The summed E-state index contributed by atoms with van der Waals surface area (Å²) in [6.07, 6.45) is 12.5. The minimum Gasteiger partial charge on any atom is -0.493 e. The predicted octanol–water partition coefficient (Wildman–Crippen LogP) is 3.86. The van der Waals surface area contributed by atoms with Gasteiger partial charge >= 0.3 is 0 Å². The van der Waals surface area contributed by atoms with E-state index < -0.39 is 0 Å². The van der Waals surface area contributed by atoms with Crippen LogP contribution in [0.4, 0.5) is 0 Å². The lowest BCUT2D eigenvalue weighted by molar-refractivity contribution is -0.124. The summed E-state index contributed by atoms with van der Waals surface area (Å²) in [6.45, 7) is 0.139. The smallest absolute Gasteiger partial charge is 0.276 e. The summed E-state index contributed by atoms with van der Waals surface area (Å²) >= 11 is 8.89. The maximum Gasteiger partial charge on any atom is 0.276 e. The molecular formula is C20H21BrN2O3S. The summed E-state index contributed by atoms with van der Waals surface area (Å²) in [5, 5.41) is 3.54. The van der Waals surface area contributed by atoms with Crippen LogP contribution < -0.4 is 14.8 Å². The first kappa shape index (κ1) is 19.7. The number of hydrogen-bond acceptors (Lipinski definition) is 4. The number of terminal acetylenes is 1. The molecule has 1 aliphatic carbocycles. The number of amides is 1. The molecular weight excluding hydrogens is 428 g/mol. The standard InChI is InChI=1S/C20H21BrN2O3S/c1-3-9-26-18-15(21)10-13(12-17(18)25-2)11-16-19(24)23(20(27)22-16)14-7-5-4-6-8-14/h1,10-12,14H,4-9H2,2H3,(H,22,27)/b16-11-. The molecule has 142 valence electrons. The zero-order valence-corrected chi connectivity index (χ0v) is 17.5. The summed E-state index contributed by atoms with van der Waals surface area (Å²) in [5.74, 6) is 3.42. The Morgan fingerprint density at radius 1 is 1.41 bits per heavy atom. The molecule has 7 heteroatoms. The normalized spacial score (nSPS) is 19.1. The number of halogens is 1. The van der Waals surface area contributed by atoms with E-state index in [2.05, 4.69) is 27.2 Å². The number of nitrogens with zero attached hydrogens (tertiary/aromatic N) is 1. The van der Waals surface area contributed by atoms with Crippen molar-refractivity contribution in [1.82, 2.24) is 10.2 Å². The number of nitrogens with one attached hydrogen (secondary N) is 1. The maximum absolute atomic E-state index is 12.9. The van der Waals surface area contributed by atoms with Crippen LogP contribution in [0.15, 0.2) is 22.3 Å². The highest BCUT2D eigenvalue weighted by Gasteiger charge is 2.36. The second-order valence-electron chi connectivity index (χ2n) is 6.48. The topological polar surface area (TPSA) is 50.8 Å². The van der Waals surface area contributed by atoms with Crippen molar-refractivity contribution < 1.29 is 14.3 Å². The van der Waals surface area contributed by atoms with Gasteiger partial charge in [-0.15, -0.1) is 6.42 Å². The molecule has 1 aromatic carbocycles. The number of ether oxygens (including phenoxy) is 2. The molecule has 1 aliphatic heterocycles. The lowest BCUT2D eigenvalue weighted by atomic mass is 9.94. The molecule has 2 fully saturated rings. The van der Waals surface area contributed by atoms with Crippen LogP contribution in [0.5, 0.6) is 11.5 Å². The van der Waals surface area contributed by atoms with Crippen LogP contribution >= 0.6 is 28.1 Å². The molecule has 0 spiro atoms. The number of hydrogen-bond donors (Lipinski definition) is 1. The second-order valence-corrected chi connectivity index (χ2v) is 7.72. The summed E-state index contributed by atoms with van der Waals surface area (Å²) in [5.41, 5.74) is 1.26. The Hall–Kier alpha value is -2.04. The van der Waals surface area contributed by atoms with Crippen molar-refractivity contribution in [3.8, 4) is 23.8 Å².